The predicted molar refractivity (Wildman–Crippen MR) is 85.3 cm³/mol. The number of piperidine rings is 1. The number of benzene rings is 1. The van der Waals surface area contributed by atoms with Crippen molar-refractivity contribution in [3.63, 3.8) is 0 Å². The number of carbonyl (C=O) groups excluding carboxylic acids is 2. The first kappa shape index (κ1) is 16.9. The molecule has 120 valence electrons. The minimum Gasteiger partial charge on any atom is -0.492 e. The second kappa shape index (κ2) is 8.25. The molecule has 1 atom stereocenters. The van der Waals surface area contributed by atoms with Crippen molar-refractivity contribution in [1.82, 2.24) is 10.6 Å². The van der Waals surface area contributed by atoms with Crippen LogP contribution in [0.3, 0.4) is 0 Å². The molecule has 0 saturated carbocycles. The maximum Gasteiger partial charge on any atom is 0.224 e. The quantitative estimate of drug-likeness (QED) is 0.778. The smallest absolute Gasteiger partial charge is 0.224 e. The molecule has 22 heavy (non-hydrogen) atoms. The van der Waals surface area contributed by atoms with Gasteiger partial charge in [-0.05, 0) is 31.0 Å². The molecule has 2 rings (SSSR count). The van der Waals surface area contributed by atoms with Crippen LogP contribution in [0.25, 0.3) is 0 Å². The summed E-state index contributed by atoms with van der Waals surface area (Å²) < 4.78 is 5.53. The van der Waals surface area contributed by atoms with Crippen molar-refractivity contribution in [2.45, 2.75) is 19.3 Å². The summed E-state index contributed by atoms with van der Waals surface area (Å²) in [6.45, 7) is 1.39. The molecule has 2 N–H and O–H groups in total. The Morgan fingerprint density at radius 2 is 2.23 bits per heavy atom. The molecule has 5 nitrogen and oxygen atoms in total. The summed E-state index contributed by atoms with van der Waals surface area (Å²) >= 11 is 11.8. The van der Waals surface area contributed by atoms with E-state index in [0.717, 1.165) is 0 Å². The molecule has 0 aromatic heterocycles. The average molecular weight is 345 g/mol. The maximum atomic E-state index is 11.9. The van der Waals surface area contributed by atoms with E-state index in [1.54, 1.807) is 18.2 Å². The molecule has 0 spiro atoms. The highest BCUT2D eigenvalue weighted by molar-refractivity contribution is 6.35. The highest BCUT2D eigenvalue weighted by atomic mass is 35.5. The van der Waals surface area contributed by atoms with Gasteiger partial charge in [-0.3, -0.25) is 9.59 Å². The third-order valence-corrected chi connectivity index (χ3v) is 3.94. The topological polar surface area (TPSA) is 67.4 Å². The fourth-order valence-electron chi connectivity index (χ4n) is 2.16. The number of halogens is 2. The van der Waals surface area contributed by atoms with Crippen LogP contribution in [0.2, 0.25) is 10.0 Å². The number of nitrogens with one attached hydrogen (secondary N) is 2. The van der Waals surface area contributed by atoms with Crippen LogP contribution in [0, 0.1) is 5.92 Å². The molecule has 0 aliphatic carbocycles. The van der Waals surface area contributed by atoms with Gasteiger partial charge in [0.05, 0.1) is 17.5 Å². The summed E-state index contributed by atoms with van der Waals surface area (Å²) in [5.41, 5.74) is 0. The predicted octanol–water partition coefficient (Wildman–Crippen LogP) is 2.40. The Morgan fingerprint density at radius 1 is 1.41 bits per heavy atom. The van der Waals surface area contributed by atoms with Gasteiger partial charge in [-0.25, -0.2) is 0 Å². The minimum absolute atomic E-state index is 0.0114. The van der Waals surface area contributed by atoms with E-state index in [0.29, 0.717) is 54.8 Å². The Kier molecular flexibility index (Phi) is 6.34. The van der Waals surface area contributed by atoms with Crippen LogP contribution in [-0.4, -0.2) is 31.5 Å². The molecule has 1 aromatic rings. The lowest BCUT2D eigenvalue weighted by Gasteiger charge is -2.21. The second-order valence-corrected chi connectivity index (χ2v) is 5.95. The fraction of sp³-hybridized carbons (Fsp3) is 0.467. The molecule has 0 radical (unpaired) electrons. The van der Waals surface area contributed by atoms with E-state index in [-0.39, 0.29) is 17.7 Å². The Morgan fingerprint density at radius 3 is 2.91 bits per heavy atom. The van der Waals surface area contributed by atoms with Crippen LogP contribution < -0.4 is 15.4 Å². The van der Waals surface area contributed by atoms with Crippen LogP contribution >= 0.6 is 23.2 Å². The van der Waals surface area contributed by atoms with Gasteiger partial charge in [-0.15, -0.1) is 0 Å². The first-order valence-corrected chi connectivity index (χ1v) is 7.94. The summed E-state index contributed by atoms with van der Waals surface area (Å²) in [5, 5.41) is 6.58. The molecule has 0 bridgehead atoms. The molecule has 1 heterocycles. The Labute approximate surface area is 139 Å². The first-order valence-electron chi connectivity index (χ1n) is 7.18. The lowest BCUT2D eigenvalue weighted by atomic mass is 9.98. The number of hydrogen-bond acceptors (Lipinski definition) is 3. The third-order valence-electron chi connectivity index (χ3n) is 3.41. The van der Waals surface area contributed by atoms with Crippen molar-refractivity contribution >= 4 is 35.0 Å². The zero-order valence-electron chi connectivity index (χ0n) is 12.0. The molecule has 1 aliphatic rings. The van der Waals surface area contributed by atoms with E-state index in [9.17, 15) is 9.59 Å². The van der Waals surface area contributed by atoms with Crippen LogP contribution in [0.5, 0.6) is 5.75 Å². The third kappa shape index (κ3) is 5.07. The monoisotopic (exact) mass is 344 g/mol. The molecular formula is C15H18Cl2N2O3. The van der Waals surface area contributed by atoms with Gasteiger partial charge >= 0.3 is 0 Å². The SMILES string of the molecule is O=C1CC[C@@H](C(=O)NCCCOc2ccc(Cl)cc2Cl)CN1. The Balaban J connectivity index is 1.62. The summed E-state index contributed by atoms with van der Waals surface area (Å²) in [4.78, 5) is 22.9. The van der Waals surface area contributed by atoms with Gasteiger partial charge in [0.1, 0.15) is 5.75 Å². The van der Waals surface area contributed by atoms with Gasteiger partial charge in [0, 0.05) is 24.5 Å². The number of amides is 2. The summed E-state index contributed by atoms with van der Waals surface area (Å²) in [7, 11) is 0. The van der Waals surface area contributed by atoms with E-state index in [2.05, 4.69) is 10.6 Å². The Hall–Kier alpha value is -1.46. The molecule has 1 aliphatic heterocycles. The van der Waals surface area contributed by atoms with Crippen molar-refractivity contribution in [3.8, 4) is 5.75 Å². The van der Waals surface area contributed by atoms with Gasteiger partial charge < -0.3 is 15.4 Å². The molecule has 1 fully saturated rings. The molecule has 1 saturated heterocycles. The van der Waals surface area contributed by atoms with Crippen LogP contribution in [0.15, 0.2) is 18.2 Å². The Bertz CT molecular complexity index is 542. The highest BCUT2D eigenvalue weighted by Crippen LogP contribution is 2.27. The van der Waals surface area contributed by atoms with E-state index in [1.807, 2.05) is 0 Å². The van der Waals surface area contributed by atoms with Gasteiger partial charge in [0.15, 0.2) is 0 Å². The van der Waals surface area contributed by atoms with E-state index in [4.69, 9.17) is 27.9 Å². The lowest BCUT2D eigenvalue weighted by Crippen LogP contribution is -2.43. The van der Waals surface area contributed by atoms with Gasteiger partial charge in [-0.1, -0.05) is 23.2 Å². The van der Waals surface area contributed by atoms with Gasteiger partial charge in [-0.2, -0.15) is 0 Å². The van der Waals surface area contributed by atoms with Crippen LogP contribution in [-0.2, 0) is 9.59 Å². The zero-order chi connectivity index (χ0) is 15.9. The second-order valence-electron chi connectivity index (χ2n) is 5.11. The van der Waals surface area contributed by atoms with Crippen LogP contribution in [0.4, 0.5) is 0 Å². The number of ether oxygens (including phenoxy) is 1. The van der Waals surface area contributed by atoms with Crippen molar-refractivity contribution < 1.29 is 14.3 Å². The van der Waals surface area contributed by atoms with Gasteiger partial charge in [0.2, 0.25) is 11.8 Å². The fourth-order valence-corrected chi connectivity index (χ4v) is 2.62. The maximum absolute atomic E-state index is 11.9. The lowest BCUT2D eigenvalue weighted by molar-refractivity contribution is -0.128. The van der Waals surface area contributed by atoms with Crippen molar-refractivity contribution in [2.24, 2.45) is 5.92 Å². The van der Waals surface area contributed by atoms with Gasteiger partial charge in [0.25, 0.3) is 0 Å². The van der Waals surface area contributed by atoms with Crippen molar-refractivity contribution in [3.05, 3.63) is 28.2 Å². The number of hydrogen-bond donors (Lipinski definition) is 2. The zero-order valence-corrected chi connectivity index (χ0v) is 13.5. The van der Waals surface area contributed by atoms with Crippen molar-refractivity contribution in [2.75, 3.05) is 19.7 Å². The number of carbonyl (C=O) groups is 2. The molecule has 7 heteroatoms. The normalized spacial score (nSPS) is 17.7. The van der Waals surface area contributed by atoms with E-state index >= 15 is 0 Å². The molecule has 0 unspecified atom stereocenters. The van der Waals surface area contributed by atoms with Crippen LogP contribution in [0.1, 0.15) is 19.3 Å². The molecule has 2 amide bonds. The minimum atomic E-state index is -0.135. The first-order chi connectivity index (χ1) is 10.6. The summed E-state index contributed by atoms with van der Waals surface area (Å²) in [6.07, 6.45) is 1.69. The molecular weight excluding hydrogens is 327 g/mol. The van der Waals surface area contributed by atoms with Crippen molar-refractivity contribution in [1.29, 1.82) is 0 Å². The average Bonchev–Trinajstić information content (AvgIpc) is 2.49. The van der Waals surface area contributed by atoms with E-state index in [1.165, 1.54) is 0 Å². The summed E-state index contributed by atoms with van der Waals surface area (Å²) in [5.74, 6) is 0.429. The summed E-state index contributed by atoms with van der Waals surface area (Å²) in [6, 6.07) is 5.05. The standard InChI is InChI=1S/C15H18Cl2N2O3/c16-11-3-4-13(12(17)8-11)22-7-1-6-18-15(21)10-2-5-14(20)19-9-10/h3-4,8,10H,1-2,5-7,9H2,(H,18,21)(H,19,20)/t10-/m1/s1. The number of rotatable bonds is 6. The molecule has 1 aromatic carbocycles. The van der Waals surface area contributed by atoms with E-state index < -0.39 is 0 Å². The largest absolute Gasteiger partial charge is 0.492 e. The highest BCUT2D eigenvalue weighted by Gasteiger charge is 2.23.